The summed E-state index contributed by atoms with van der Waals surface area (Å²) >= 11 is 6.38. The minimum absolute atomic E-state index is 0.0462. The van der Waals surface area contributed by atoms with Gasteiger partial charge in [-0.3, -0.25) is 5.10 Å². The fraction of sp³-hybridized carbons (Fsp3) is 0.333. The highest BCUT2D eigenvalue weighted by Gasteiger charge is 2.37. The largest absolute Gasteiger partial charge is 0.394 e. The van der Waals surface area contributed by atoms with Crippen LogP contribution in [0.1, 0.15) is 25.7 Å². The van der Waals surface area contributed by atoms with Crippen LogP contribution in [-0.2, 0) is 10.0 Å². The Kier molecular flexibility index (Phi) is 4.78. The van der Waals surface area contributed by atoms with E-state index in [4.69, 9.17) is 17.3 Å². The summed E-state index contributed by atoms with van der Waals surface area (Å²) in [7, 11) is -3.82. The number of aromatic nitrogens is 3. The first-order valence-electron chi connectivity index (χ1n) is 8.89. The van der Waals surface area contributed by atoms with Crippen molar-refractivity contribution in [3.05, 3.63) is 35.4 Å². The molecule has 0 atom stereocenters. The van der Waals surface area contributed by atoms with Gasteiger partial charge < -0.3 is 10.8 Å². The van der Waals surface area contributed by atoms with Crippen molar-refractivity contribution >= 4 is 38.5 Å². The second-order valence-electron chi connectivity index (χ2n) is 7.09. The normalized spacial score (nSPS) is 16.6. The van der Waals surface area contributed by atoms with E-state index in [0.717, 1.165) is 12.8 Å². The van der Waals surface area contributed by atoms with Crippen LogP contribution in [-0.4, -0.2) is 40.9 Å². The number of nitrogens with one attached hydrogen (secondary N) is 2. The van der Waals surface area contributed by atoms with Gasteiger partial charge >= 0.3 is 0 Å². The number of pyridine rings is 1. The molecule has 8 nitrogen and oxygen atoms in total. The first kappa shape index (κ1) is 19.1. The molecule has 0 amide bonds. The van der Waals surface area contributed by atoms with Gasteiger partial charge in [0, 0.05) is 5.56 Å². The van der Waals surface area contributed by atoms with Crippen LogP contribution in [0.15, 0.2) is 35.2 Å². The summed E-state index contributed by atoms with van der Waals surface area (Å²) in [5.74, 6) is 0.280. The molecule has 2 heterocycles. The fourth-order valence-corrected chi connectivity index (χ4v) is 5.45. The summed E-state index contributed by atoms with van der Waals surface area (Å²) in [6.45, 7) is -0.228. The summed E-state index contributed by atoms with van der Waals surface area (Å²) in [6.07, 6.45) is 3.00. The van der Waals surface area contributed by atoms with Crippen molar-refractivity contribution in [2.75, 3.05) is 12.3 Å². The van der Waals surface area contributed by atoms with Crippen LogP contribution >= 0.6 is 11.6 Å². The SMILES string of the molecule is Nc1n[nH]c2ccc(-c3ccc(S(=O)(=O)NC4(CO)CCCC4)cc3Cl)nc12. The van der Waals surface area contributed by atoms with Crippen molar-refractivity contribution in [3.8, 4) is 11.3 Å². The third kappa shape index (κ3) is 3.35. The van der Waals surface area contributed by atoms with Crippen LogP contribution in [0.2, 0.25) is 5.02 Å². The van der Waals surface area contributed by atoms with Gasteiger partial charge in [0.05, 0.1) is 33.3 Å². The van der Waals surface area contributed by atoms with Gasteiger partial charge in [-0.2, -0.15) is 5.10 Å². The number of nitrogens with two attached hydrogens (primary N) is 1. The third-order valence-corrected chi connectivity index (χ3v) is 7.06. The average Bonchev–Trinajstić information content (AvgIpc) is 3.28. The van der Waals surface area contributed by atoms with Crippen molar-refractivity contribution in [1.29, 1.82) is 0 Å². The molecule has 1 aliphatic rings. The number of sulfonamides is 1. The summed E-state index contributed by atoms with van der Waals surface area (Å²) in [5.41, 5.74) is 7.37. The molecule has 28 heavy (non-hydrogen) atoms. The molecule has 1 saturated carbocycles. The van der Waals surface area contributed by atoms with E-state index in [1.807, 2.05) is 0 Å². The van der Waals surface area contributed by atoms with Gasteiger partial charge in [-0.15, -0.1) is 0 Å². The lowest BCUT2D eigenvalue weighted by Gasteiger charge is -2.27. The summed E-state index contributed by atoms with van der Waals surface area (Å²) < 4.78 is 28.3. The van der Waals surface area contributed by atoms with E-state index in [2.05, 4.69) is 19.9 Å². The predicted molar refractivity (Wildman–Crippen MR) is 107 cm³/mol. The maximum atomic E-state index is 12.8. The van der Waals surface area contributed by atoms with Crippen molar-refractivity contribution in [2.45, 2.75) is 36.1 Å². The zero-order valence-electron chi connectivity index (χ0n) is 14.9. The maximum Gasteiger partial charge on any atom is 0.241 e. The Hall–Kier alpha value is -2.20. The Balaban J connectivity index is 1.67. The lowest BCUT2D eigenvalue weighted by Crippen LogP contribution is -2.49. The molecule has 0 unspecified atom stereocenters. The highest BCUT2D eigenvalue weighted by atomic mass is 35.5. The molecule has 1 aliphatic carbocycles. The molecule has 0 spiro atoms. The molecule has 5 N–H and O–H groups in total. The van der Waals surface area contributed by atoms with Crippen molar-refractivity contribution in [1.82, 2.24) is 19.9 Å². The van der Waals surface area contributed by atoms with Crippen LogP contribution in [0.3, 0.4) is 0 Å². The van der Waals surface area contributed by atoms with E-state index in [0.29, 0.717) is 35.1 Å². The van der Waals surface area contributed by atoms with Crippen LogP contribution in [0, 0.1) is 0 Å². The first-order chi connectivity index (χ1) is 13.3. The van der Waals surface area contributed by atoms with E-state index >= 15 is 0 Å². The number of halogens is 1. The minimum Gasteiger partial charge on any atom is -0.394 e. The zero-order valence-corrected chi connectivity index (χ0v) is 16.5. The third-order valence-electron chi connectivity index (χ3n) is 5.18. The number of rotatable bonds is 5. The smallest absolute Gasteiger partial charge is 0.241 e. The van der Waals surface area contributed by atoms with E-state index in [-0.39, 0.29) is 22.3 Å². The maximum absolute atomic E-state index is 12.8. The molecule has 148 valence electrons. The van der Waals surface area contributed by atoms with Gasteiger partial charge in [0.2, 0.25) is 10.0 Å². The number of aromatic amines is 1. The highest BCUT2D eigenvalue weighted by Crippen LogP contribution is 2.33. The topological polar surface area (TPSA) is 134 Å². The average molecular weight is 422 g/mol. The van der Waals surface area contributed by atoms with Crippen LogP contribution in [0.5, 0.6) is 0 Å². The van der Waals surface area contributed by atoms with E-state index in [1.54, 1.807) is 18.2 Å². The van der Waals surface area contributed by atoms with E-state index in [9.17, 15) is 13.5 Å². The van der Waals surface area contributed by atoms with Gasteiger partial charge in [0.15, 0.2) is 5.82 Å². The van der Waals surface area contributed by atoms with Gasteiger partial charge in [0.25, 0.3) is 0 Å². The molecule has 1 aromatic carbocycles. The number of aliphatic hydroxyl groups is 1. The Labute approximate surface area is 167 Å². The number of benzene rings is 1. The first-order valence-corrected chi connectivity index (χ1v) is 10.8. The van der Waals surface area contributed by atoms with Crippen molar-refractivity contribution < 1.29 is 13.5 Å². The molecule has 0 bridgehead atoms. The lowest BCUT2D eigenvalue weighted by atomic mass is 10.0. The molecule has 3 aromatic rings. The standard InChI is InChI=1S/C18H20ClN5O3S/c19-13-9-11(28(26,27)24-18(10-25)7-1-2-8-18)3-4-12(13)14-5-6-15-16(21-14)17(20)23-22-15/h3-6,9,24-25H,1-2,7-8,10H2,(H3,20,22,23). The van der Waals surface area contributed by atoms with Crippen LogP contribution in [0.25, 0.3) is 22.3 Å². The van der Waals surface area contributed by atoms with Gasteiger partial charge in [-0.25, -0.2) is 18.1 Å². The molecule has 0 radical (unpaired) electrons. The number of hydrogen-bond acceptors (Lipinski definition) is 6. The molecule has 0 aliphatic heterocycles. The van der Waals surface area contributed by atoms with Crippen molar-refractivity contribution in [3.63, 3.8) is 0 Å². The summed E-state index contributed by atoms with van der Waals surface area (Å²) in [5, 5.41) is 16.6. The predicted octanol–water partition coefficient (Wildman–Crippen LogP) is 2.44. The Bertz CT molecular complexity index is 1140. The number of fused-ring (bicyclic) bond motifs is 1. The Morgan fingerprint density at radius 1 is 1.25 bits per heavy atom. The lowest BCUT2D eigenvalue weighted by molar-refractivity contribution is 0.185. The van der Waals surface area contributed by atoms with E-state index in [1.165, 1.54) is 12.1 Å². The highest BCUT2D eigenvalue weighted by molar-refractivity contribution is 7.89. The number of aliphatic hydroxyl groups excluding tert-OH is 1. The molecule has 2 aromatic heterocycles. The zero-order chi connectivity index (χ0) is 19.9. The number of nitrogens with zero attached hydrogens (tertiary/aromatic N) is 2. The van der Waals surface area contributed by atoms with Crippen LogP contribution in [0.4, 0.5) is 5.82 Å². The second kappa shape index (κ2) is 7.00. The Morgan fingerprint density at radius 3 is 2.68 bits per heavy atom. The molecule has 1 fully saturated rings. The molecular formula is C18H20ClN5O3S. The number of H-pyrrole nitrogens is 1. The Morgan fingerprint density at radius 2 is 2.00 bits per heavy atom. The van der Waals surface area contributed by atoms with Crippen LogP contribution < -0.4 is 10.5 Å². The molecule has 10 heteroatoms. The molecule has 0 saturated heterocycles. The quantitative estimate of drug-likeness (QED) is 0.499. The second-order valence-corrected chi connectivity index (χ2v) is 9.18. The monoisotopic (exact) mass is 421 g/mol. The number of anilines is 1. The van der Waals surface area contributed by atoms with Gasteiger partial charge in [-0.1, -0.05) is 24.4 Å². The van der Waals surface area contributed by atoms with Crippen molar-refractivity contribution in [2.24, 2.45) is 0 Å². The molecule has 4 rings (SSSR count). The number of hydrogen-bond donors (Lipinski definition) is 4. The minimum atomic E-state index is -3.82. The fourth-order valence-electron chi connectivity index (χ4n) is 3.63. The van der Waals surface area contributed by atoms with Gasteiger partial charge in [0.1, 0.15) is 5.52 Å². The molecular weight excluding hydrogens is 402 g/mol. The summed E-state index contributed by atoms with van der Waals surface area (Å²) in [6, 6.07) is 8.03. The van der Waals surface area contributed by atoms with E-state index < -0.39 is 15.6 Å². The number of nitrogen functional groups attached to an aromatic ring is 1. The summed E-state index contributed by atoms with van der Waals surface area (Å²) in [4.78, 5) is 4.51. The van der Waals surface area contributed by atoms with Gasteiger partial charge in [-0.05, 0) is 43.2 Å².